The van der Waals surface area contributed by atoms with Crippen molar-refractivity contribution in [2.75, 3.05) is 0 Å². The number of halogens is 2. The van der Waals surface area contributed by atoms with Gasteiger partial charge in [0.2, 0.25) is 0 Å². The van der Waals surface area contributed by atoms with E-state index in [4.69, 9.17) is 23.2 Å². The maximum absolute atomic E-state index is 9.84. The van der Waals surface area contributed by atoms with Crippen LogP contribution in [0.15, 0.2) is 64.8 Å². The molecule has 0 spiro atoms. The zero-order valence-corrected chi connectivity index (χ0v) is 12.3. The highest BCUT2D eigenvalue weighted by atomic mass is 35.5. The van der Waals surface area contributed by atoms with E-state index in [0.29, 0.717) is 21.4 Å². The SMILES string of the molecule is Oc1ccc(N=Nc2ccc(Cl)c(Cl)c2)c2ccccc12. The minimum atomic E-state index is 0.221. The summed E-state index contributed by atoms with van der Waals surface area (Å²) in [7, 11) is 0. The number of fused-ring (bicyclic) bond motifs is 1. The van der Waals surface area contributed by atoms with Gasteiger partial charge >= 0.3 is 0 Å². The van der Waals surface area contributed by atoms with E-state index < -0.39 is 0 Å². The first-order valence-corrected chi connectivity index (χ1v) is 6.98. The summed E-state index contributed by atoms with van der Waals surface area (Å²) in [6.45, 7) is 0. The third-order valence-electron chi connectivity index (χ3n) is 3.05. The molecule has 0 radical (unpaired) electrons. The van der Waals surface area contributed by atoms with Crippen molar-refractivity contribution < 1.29 is 5.11 Å². The van der Waals surface area contributed by atoms with Gasteiger partial charge in [0.05, 0.1) is 21.4 Å². The lowest BCUT2D eigenvalue weighted by Crippen LogP contribution is -1.75. The molecular formula is C16H10Cl2N2O. The van der Waals surface area contributed by atoms with Crippen LogP contribution in [0.2, 0.25) is 10.0 Å². The molecule has 0 aliphatic carbocycles. The summed E-state index contributed by atoms with van der Waals surface area (Å²) >= 11 is 11.8. The van der Waals surface area contributed by atoms with Gasteiger partial charge in [-0.1, -0.05) is 47.5 Å². The van der Waals surface area contributed by atoms with Gasteiger partial charge in [0.25, 0.3) is 0 Å². The van der Waals surface area contributed by atoms with E-state index >= 15 is 0 Å². The molecular weight excluding hydrogens is 307 g/mol. The summed E-state index contributed by atoms with van der Waals surface area (Å²) in [4.78, 5) is 0. The van der Waals surface area contributed by atoms with Gasteiger partial charge in [-0.3, -0.25) is 0 Å². The average Bonchev–Trinajstić information content (AvgIpc) is 2.50. The van der Waals surface area contributed by atoms with Crippen LogP contribution in [0.3, 0.4) is 0 Å². The van der Waals surface area contributed by atoms with E-state index in [9.17, 15) is 5.11 Å². The van der Waals surface area contributed by atoms with Crippen LogP contribution in [0.4, 0.5) is 11.4 Å². The smallest absolute Gasteiger partial charge is 0.123 e. The number of hydrogen-bond donors (Lipinski definition) is 1. The Kier molecular flexibility index (Phi) is 3.78. The first-order chi connectivity index (χ1) is 10.1. The Bertz CT molecular complexity index is 847. The molecule has 5 heteroatoms. The lowest BCUT2D eigenvalue weighted by molar-refractivity contribution is 0.481. The molecule has 104 valence electrons. The van der Waals surface area contributed by atoms with E-state index in [-0.39, 0.29) is 5.75 Å². The molecule has 0 aliphatic rings. The third-order valence-corrected chi connectivity index (χ3v) is 3.79. The van der Waals surface area contributed by atoms with Gasteiger partial charge < -0.3 is 5.11 Å². The summed E-state index contributed by atoms with van der Waals surface area (Å²) < 4.78 is 0. The van der Waals surface area contributed by atoms with Crippen LogP contribution in [0, 0.1) is 0 Å². The van der Waals surface area contributed by atoms with Crippen LogP contribution in [-0.2, 0) is 0 Å². The number of nitrogens with zero attached hydrogens (tertiary/aromatic N) is 2. The quantitative estimate of drug-likeness (QED) is 0.556. The minimum Gasteiger partial charge on any atom is -0.507 e. The van der Waals surface area contributed by atoms with Crippen LogP contribution < -0.4 is 0 Å². The molecule has 3 rings (SSSR count). The highest BCUT2D eigenvalue weighted by Crippen LogP contribution is 2.34. The predicted octanol–water partition coefficient (Wildman–Crippen LogP) is 6.27. The molecule has 0 aromatic heterocycles. The monoisotopic (exact) mass is 316 g/mol. The highest BCUT2D eigenvalue weighted by molar-refractivity contribution is 6.42. The van der Waals surface area contributed by atoms with Crippen molar-refractivity contribution in [3.05, 3.63) is 64.6 Å². The largest absolute Gasteiger partial charge is 0.507 e. The minimum absolute atomic E-state index is 0.221. The molecule has 21 heavy (non-hydrogen) atoms. The normalized spacial score (nSPS) is 11.3. The zero-order valence-electron chi connectivity index (χ0n) is 10.8. The molecule has 0 unspecified atom stereocenters. The molecule has 3 nitrogen and oxygen atoms in total. The molecule has 0 heterocycles. The molecule has 0 amide bonds. The summed E-state index contributed by atoms with van der Waals surface area (Å²) in [6, 6.07) is 15.9. The van der Waals surface area contributed by atoms with Crippen molar-refractivity contribution in [3.63, 3.8) is 0 Å². The fourth-order valence-electron chi connectivity index (χ4n) is 2.01. The van der Waals surface area contributed by atoms with Crippen LogP contribution in [-0.4, -0.2) is 5.11 Å². The Hall–Kier alpha value is -2.10. The van der Waals surface area contributed by atoms with E-state index in [1.807, 2.05) is 24.3 Å². The first kappa shape index (κ1) is 13.9. The topological polar surface area (TPSA) is 45.0 Å². The molecule has 3 aromatic rings. The van der Waals surface area contributed by atoms with Crippen molar-refractivity contribution >= 4 is 45.3 Å². The Morgan fingerprint density at radius 1 is 0.762 bits per heavy atom. The molecule has 0 bridgehead atoms. The van der Waals surface area contributed by atoms with Crippen molar-refractivity contribution in [1.29, 1.82) is 0 Å². The van der Waals surface area contributed by atoms with Gasteiger partial charge in [0.1, 0.15) is 5.75 Å². The average molecular weight is 317 g/mol. The fourth-order valence-corrected chi connectivity index (χ4v) is 2.31. The molecule has 0 saturated carbocycles. The standard InChI is InChI=1S/C16H10Cl2N2O/c17-13-6-5-10(9-14(13)18)19-20-15-7-8-16(21)12-4-2-1-3-11(12)15/h1-9,21H. The Morgan fingerprint density at radius 2 is 1.52 bits per heavy atom. The van der Waals surface area contributed by atoms with Crippen molar-refractivity contribution in [1.82, 2.24) is 0 Å². The van der Waals surface area contributed by atoms with Gasteiger partial charge in [-0.2, -0.15) is 5.11 Å². The second-order valence-electron chi connectivity index (χ2n) is 4.45. The molecule has 0 atom stereocenters. The van der Waals surface area contributed by atoms with Gasteiger partial charge in [-0.15, -0.1) is 5.11 Å². The van der Waals surface area contributed by atoms with Gasteiger partial charge in [0.15, 0.2) is 0 Å². The van der Waals surface area contributed by atoms with Crippen molar-refractivity contribution in [2.45, 2.75) is 0 Å². The molecule has 3 aromatic carbocycles. The number of phenolic OH excluding ortho intramolecular Hbond substituents is 1. The summed E-state index contributed by atoms with van der Waals surface area (Å²) in [5.41, 5.74) is 1.29. The predicted molar refractivity (Wildman–Crippen MR) is 86.3 cm³/mol. The molecule has 0 aliphatic heterocycles. The van der Waals surface area contributed by atoms with Crippen molar-refractivity contribution in [2.24, 2.45) is 10.2 Å². The van der Waals surface area contributed by atoms with Gasteiger partial charge in [-0.25, -0.2) is 0 Å². The molecule has 0 fully saturated rings. The number of rotatable bonds is 2. The van der Waals surface area contributed by atoms with Crippen LogP contribution in [0.1, 0.15) is 0 Å². The lowest BCUT2D eigenvalue weighted by Gasteiger charge is -2.03. The zero-order chi connectivity index (χ0) is 14.8. The second-order valence-corrected chi connectivity index (χ2v) is 5.26. The highest BCUT2D eigenvalue weighted by Gasteiger charge is 2.04. The van der Waals surface area contributed by atoms with E-state index in [0.717, 1.165) is 10.8 Å². The maximum atomic E-state index is 9.84. The summed E-state index contributed by atoms with van der Waals surface area (Å²) in [5.74, 6) is 0.221. The number of aromatic hydroxyl groups is 1. The lowest BCUT2D eigenvalue weighted by atomic mass is 10.1. The molecule has 0 saturated heterocycles. The van der Waals surface area contributed by atoms with E-state index in [2.05, 4.69) is 10.2 Å². The van der Waals surface area contributed by atoms with E-state index in [1.54, 1.807) is 30.3 Å². The third kappa shape index (κ3) is 2.84. The van der Waals surface area contributed by atoms with Gasteiger partial charge in [0, 0.05) is 10.8 Å². The number of phenols is 1. The van der Waals surface area contributed by atoms with Gasteiger partial charge in [-0.05, 0) is 30.3 Å². The molecule has 1 N–H and O–H groups in total. The summed E-state index contributed by atoms with van der Waals surface area (Å²) in [6.07, 6.45) is 0. The maximum Gasteiger partial charge on any atom is 0.123 e. The Morgan fingerprint density at radius 3 is 2.29 bits per heavy atom. The summed E-state index contributed by atoms with van der Waals surface area (Å²) in [5, 5.41) is 20.7. The van der Waals surface area contributed by atoms with Crippen molar-refractivity contribution in [3.8, 4) is 5.75 Å². The Balaban J connectivity index is 2.03. The van der Waals surface area contributed by atoms with E-state index in [1.165, 1.54) is 0 Å². The first-order valence-electron chi connectivity index (χ1n) is 6.22. The number of benzene rings is 3. The number of hydrogen-bond acceptors (Lipinski definition) is 3. The van der Waals surface area contributed by atoms with Crippen LogP contribution >= 0.6 is 23.2 Å². The number of azo groups is 1. The van der Waals surface area contributed by atoms with Crippen LogP contribution in [0.25, 0.3) is 10.8 Å². The van der Waals surface area contributed by atoms with Crippen LogP contribution in [0.5, 0.6) is 5.75 Å². The fraction of sp³-hybridized carbons (Fsp3) is 0. The Labute approximate surface area is 131 Å². The second kappa shape index (κ2) is 5.72.